The normalized spacial score (nSPS) is 15.5. The zero-order valence-corrected chi connectivity index (χ0v) is 17.9. The Hall–Kier alpha value is -2.48. The smallest absolute Gasteiger partial charge is 0.233 e. The number of aromatic nitrogens is 2. The number of hydrogen-bond donors (Lipinski definition) is 0. The fraction of sp³-hybridized carbons (Fsp3) is 0.476. The molecule has 1 aliphatic heterocycles. The maximum absolute atomic E-state index is 12.6. The highest BCUT2D eigenvalue weighted by molar-refractivity contribution is 7.92. The predicted molar refractivity (Wildman–Crippen MR) is 109 cm³/mol. The fourth-order valence-electron chi connectivity index (χ4n) is 3.20. The van der Waals surface area contributed by atoms with Crippen LogP contribution in [-0.2, 0) is 21.1 Å². The average Bonchev–Trinajstić information content (AvgIpc) is 2.70. The number of carbonyl (C=O) groups is 1. The predicted octanol–water partition coefficient (Wildman–Crippen LogP) is 2.58. The molecule has 29 heavy (non-hydrogen) atoms. The molecular weight excluding hydrogens is 390 g/mol. The van der Waals surface area contributed by atoms with Gasteiger partial charge in [-0.1, -0.05) is 12.1 Å². The van der Waals surface area contributed by atoms with Gasteiger partial charge in [0.1, 0.15) is 6.10 Å². The van der Waals surface area contributed by atoms with Crippen LogP contribution in [0.3, 0.4) is 0 Å². The Kier molecular flexibility index (Phi) is 6.52. The van der Waals surface area contributed by atoms with Crippen LogP contribution in [0.4, 0.5) is 0 Å². The summed E-state index contributed by atoms with van der Waals surface area (Å²) >= 11 is 0. The summed E-state index contributed by atoms with van der Waals surface area (Å²) in [5.74, 6) is 0.551. The lowest BCUT2D eigenvalue weighted by Gasteiger charge is -2.32. The fourth-order valence-corrected chi connectivity index (χ4v) is 4.26. The molecule has 1 saturated heterocycles. The SMILES string of the molecule is Cc1ccc(OC2CCN(C(=O)Cc3ccc(S(=O)(=O)C(C)C)cc3)CC2)nn1. The summed E-state index contributed by atoms with van der Waals surface area (Å²) in [7, 11) is -3.30. The number of carbonyl (C=O) groups excluding carboxylic acids is 1. The van der Waals surface area contributed by atoms with Crippen molar-refractivity contribution in [3.63, 3.8) is 0 Å². The van der Waals surface area contributed by atoms with E-state index in [0.717, 1.165) is 24.1 Å². The Bertz CT molecular complexity index is 933. The summed E-state index contributed by atoms with van der Waals surface area (Å²) in [5, 5.41) is 7.54. The summed E-state index contributed by atoms with van der Waals surface area (Å²) in [4.78, 5) is 14.7. The first-order valence-corrected chi connectivity index (χ1v) is 11.4. The Morgan fingerprint density at radius 1 is 1.10 bits per heavy atom. The third-order valence-corrected chi connectivity index (χ3v) is 7.25. The molecule has 0 unspecified atom stereocenters. The molecule has 0 atom stereocenters. The number of rotatable bonds is 6. The van der Waals surface area contributed by atoms with E-state index in [0.29, 0.717) is 23.9 Å². The summed E-state index contributed by atoms with van der Waals surface area (Å²) in [6, 6.07) is 10.3. The van der Waals surface area contributed by atoms with Crippen molar-refractivity contribution < 1.29 is 17.9 Å². The largest absolute Gasteiger partial charge is 0.473 e. The Morgan fingerprint density at radius 2 is 1.76 bits per heavy atom. The first kappa shape index (κ1) is 21.2. The van der Waals surface area contributed by atoms with Gasteiger partial charge in [0.05, 0.1) is 22.3 Å². The van der Waals surface area contributed by atoms with Crippen molar-refractivity contribution in [1.82, 2.24) is 15.1 Å². The monoisotopic (exact) mass is 417 g/mol. The lowest BCUT2D eigenvalue weighted by atomic mass is 10.1. The first-order valence-electron chi connectivity index (χ1n) is 9.83. The number of benzene rings is 1. The van der Waals surface area contributed by atoms with Gasteiger partial charge >= 0.3 is 0 Å². The Balaban J connectivity index is 1.51. The molecule has 0 spiro atoms. The molecule has 8 heteroatoms. The van der Waals surface area contributed by atoms with Crippen LogP contribution in [0, 0.1) is 6.92 Å². The summed E-state index contributed by atoms with van der Waals surface area (Å²) in [6.07, 6.45) is 1.77. The average molecular weight is 418 g/mol. The standard InChI is InChI=1S/C21H27N3O4S/c1-15(2)29(26,27)19-7-5-17(6-8-19)14-21(25)24-12-10-18(11-13-24)28-20-9-4-16(3)22-23-20/h4-9,15,18H,10-14H2,1-3H3. The molecule has 1 aliphatic rings. The van der Waals surface area contributed by atoms with Crippen molar-refractivity contribution in [2.45, 2.75) is 56.3 Å². The van der Waals surface area contributed by atoms with E-state index >= 15 is 0 Å². The molecule has 1 aromatic carbocycles. The zero-order valence-electron chi connectivity index (χ0n) is 17.0. The minimum atomic E-state index is -3.30. The van der Waals surface area contributed by atoms with Gasteiger partial charge < -0.3 is 9.64 Å². The second-order valence-electron chi connectivity index (χ2n) is 7.63. The van der Waals surface area contributed by atoms with Crippen LogP contribution in [0.15, 0.2) is 41.3 Å². The highest BCUT2D eigenvalue weighted by Gasteiger charge is 2.25. The summed E-state index contributed by atoms with van der Waals surface area (Å²) in [6.45, 7) is 6.44. The van der Waals surface area contributed by atoms with Crippen molar-refractivity contribution in [3.05, 3.63) is 47.7 Å². The van der Waals surface area contributed by atoms with E-state index in [-0.39, 0.29) is 18.4 Å². The summed E-state index contributed by atoms with van der Waals surface area (Å²) in [5.41, 5.74) is 1.65. The van der Waals surface area contributed by atoms with Crippen LogP contribution in [-0.4, -0.2) is 53.9 Å². The molecule has 156 valence electrons. The third-order valence-electron chi connectivity index (χ3n) is 5.08. The van der Waals surface area contributed by atoms with Crippen LogP contribution < -0.4 is 4.74 Å². The molecule has 1 amide bonds. The number of nitrogens with zero attached hydrogens (tertiary/aromatic N) is 3. The number of sulfone groups is 1. The van der Waals surface area contributed by atoms with Gasteiger partial charge in [0, 0.05) is 32.0 Å². The maximum atomic E-state index is 12.6. The molecule has 2 aromatic rings. The molecule has 0 radical (unpaired) electrons. The molecule has 0 bridgehead atoms. The van der Waals surface area contributed by atoms with Crippen LogP contribution >= 0.6 is 0 Å². The molecule has 1 fully saturated rings. The van der Waals surface area contributed by atoms with Gasteiger partial charge in [0.2, 0.25) is 11.8 Å². The number of aryl methyl sites for hydroxylation is 1. The van der Waals surface area contributed by atoms with Gasteiger partial charge in [-0.3, -0.25) is 4.79 Å². The van der Waals surface area contributed by atoms with Gasteiger partial charge in [0.25, 0.3) is 0 Å². The molecule has 2 heterocycles. The second-order valence-corrected chi connectivity index (χ2v) is 10.1. The van der Waals surface area contributed by atoms with Crippen LogP contribution in [0.5, 0.6) is 5.88 Å². The number of ether oxygens (including phenoxy) is 1. The van der Waals surface area contributed by atoms with E-state index in [4.69, 9.17) is 4.74 Å². The second kappa shape index (κ2) is 8.90. The number of amides is 1. The first-order chi connectivity index (χ1) is 13.8. The van der Waals surface area contributed by atoms with E-state index in [9.17, 15) is 13.2 Å². The molecule has 0 aliphatic carbocycles. The Morgan fingerprint density at radius 3 is 2.31 bits per heavy atom. The van der Waals surface area contributed by atoms with E-state index in [1.165, 1.54) is 0 Å². The highest BCUT2D eigenvalue weighted by atomic mass is 32.2. The van der Waals surface area contributed by atoms with Crippen LogP contribution in [0.25, 0.3) is 0 Å². The quantitative estimate of drug-likeness (QED) is 0.718. The summed E-state index contributed by atoms with van der Waals surface area (Å²) < 4.78 is 30.2. The molecule has 0 N–H and O–H groups in total. The topological polar surface area (TPSA) is 89.5 Å². The van der Waals surface area contributed by atoms with E-state index in [2.05, 4.69) is 10.2 Å². The number of likely N-dealkylation sites (tertiary alicyclic amines) is 1. The van der Waals surface area contributed by atoms with Crippen LogP contribution in [0.2, 0.25) is 0 Å². The van der Waals surface area contributed by atoms with E-state index in [1.54, 1.807) is 38.1 Å². The maximum Gasteiger partial charge on any atom is 0.233 e. The lowest BCUT2D eigenvalue weighted by Crippen LogP contribution is -2.42. The molecule has 0 saturated carbocycles. The lowest BCUT2D eigenvalue weighted by molar-refractivity contribution is -0.132. The van der Waals surface area contributed by atoms with Crippen molar-refractivity contribution >= 4 is 15.7 Å². The van der Waals surface area contributed by atoms with Crippen molar-refractivity contribution in [1.29, 1.82) is 0 Å². The number of hydrogen-bond acceptors (Lipinski definition) is 6. The van der Waals surface area contributed by atoms with E-state index < -0.39 is 15.1 Å². The van der Waals surface area contributed by atoms with Gasteiger partial charge in [-0.2, -0.15) is 5.10 Å². The molecule has 7 nitrogen and oxygen atoms in total. The van der Waals surface area contributed by atoms with Gasteiger partial charge in [-0.25, -0.2) is 8.42 Å². The molecular formula is C21H27N3O4S. The van der Waals surface area contributed by atoms with Gasteiger partial charge in [-0.15, -0.1) is 5.10 Å². The number of piperidine rings is 1. The molecule has 3 rings (SSSR count). The minimum Gasteiger partial charge on any atom is -0.473 e. The Labute approximate surface area is 172 Å². The van der Waals surface area contributed by atoms with Gasteiger partial charge in [0.15, 0.2) is 9.84 Å². The van der Waals surface area contributed by atoms with Gasteiger partial charge in [-0.05, 0) is 44.5 Å². The van der Waals surface area contributed by atoms with Crippen LogP contribution in [0.1, 0.15) is 37.9 Å². The zero-order chi connectivity index (χ0) is 21.0. The molecule has 1 aromatic heterocycles. The van der Waals surface area contributed by atoms with Crippen molar-refractivity contribution in [2.24, 2.45) is 0 Å². The minimum absolute atomic E-state index is 0.0246. The highest BCUT2D eigenvalue weighted by Crippen LogP contribution is 2.19. The van der Waals surface area contributed by atoms with Crippen molar-refractivity contribution in [3.8, 4) is 5.88 Å². The van der Waals surface area contributed by atoms with Crippen molar-refractivity contribution in [2.75, 3.05) is 13.1 Å². The third kappa shape index (κ3) is 5.32. The van der Waals surface area contributed by atoms with E-state index in [1.807, 2.05) is 24.0 Å².